The van der Waals surface area contributed by atoms with Crippen molar-refractivity contribution in [3.8, 4) is 5.75 Å². The van der Waals surface area contributed by atoms with E-state index in [9.17, 15) is 28.9 Å². The first-order chi connectivity index (χ1) is 16.3. The highest BCUT2D eigenvalue weighted by atomic mass is 19.1. The van der Waals surface area contributed by atoms with Gasteiger partial charge in [-0.15, -0.1) is 0 Å². The Balaban J connectivity index is 1.60. The molecular formula is C23H17FN4O6. The molecule has 0 radical (unpaired) electrons. The molecule has 0 spiro atoms. The third kappa shape index (κ3) is 3.08. The number of benzene rings is 2. The number of nitro groups is 1. The average molecular weight is 464 g/mol. The Kier molecular flexibility index (Phi) is 4.96. The van der Waals surface area contributed by atoms with Crippen LogP contribution in [0.2, 0.25) is 0 Å². The lowest BCUT2D eigenvalue weighted by Gasteiger charge is -2.30. The van der Waals surface area contributed by atoms with Crippen molar-refractivity contribution in [2.24, 2.45) is 16.9 Å². The maximum Gasteiger partial charge on any atom is 0.271 e. The molecule has 3 aliphatic heterocycles. The van der Waals surface area contributed by atoms with Gasteiger partial charge in [-0.05, 0) is 36.4 Å². The summed E-state index contributed by atoms with van der Waals surface area (Å²) in [4.78, 5) is 52.2. The van der Waals surface area contributed by atoms with Crippen LogP contribution < -0.4 is 9.64 Å². The summed E-state index contributed by atoms with van der Waals surface area (Å²) in [6.07, 6.45) is 4.76. The number of carbonyl (C=O) groups is 3. The topological polar surface area (TPSA) is 122 Å². The van der Waals surface area contributed by atoms with Gasteiger partial charge in [0, 0.05) is 23.9 Å². The van der Waals surface area contributed by atoms with Crippen molar-refractivity contribution in [1.82, 2.24) is 5.01 Å². The highest BCUT2D eigenvalue weighted by Gasteiger charge is 2.64. The summed E-state index contributed by atoms with van der Waals surface area (Å²) < 4.78 is 18.7. The zero-order chi connectivity index (χ0) is 24.1. The fourth-order valence-corrected chi connectivity index (χ4v) is 4.83. The zero-order valence-corrected chi connectivity index (χ0v) is 17.7. The number of halogens is 1. The molecule has 2 fully saturated rings. The van der Waals surface area contributed by atoms with E-state index in [4.69, 9.17) is 4.74 Å². The number of non-ortho nitro benzene ring substituents is 1. The van der Waals surface area contributed by atoms with Gasteiger partial charge in [0.2, 0.25) is 11.8 Å². The van der Waals surface area contributed by atoms with E-state index >= 15 is 0 Å². The molecule has 5 rings (SSSR count). The van der Waals surface area contributed by atoms with Crippen LogP contribution in [-0.4, -0.2) is 52.9 Å². The predicted octanol–water partition coefficient (Wildman–Crippen LogP) is 2.34. The maximum absolute atomic E-state index is 13.7. The minimum atomic E-state index is -1.12. The second-order valence-electron chi connectivity index (χ2n) is 8.01. The number of nitrogens with zero attached hydrogens (tertiary/aromatic N) is 4. The van der Waals surface area contributed by atoms with Gasteiger partial charge in [-0.1, -0.05) is 6.08 Å². The van der Waals surface area contributed by atoms with Crippen molar-refractivity contribution < 1.29 is 28.4 Å². The number of fused-ring (bicyclic) bond motifs is 3. The Bertz CT molecular complexity index is 1290. The largest absolute Gasteiger partial charge is 0.495 e. The monoisotopic (exact) mass is 464 g/mol. The van der Waals surface area contributed by atoms with Gasteiger partial charge >= 0.3 is 0 Å². The number of imide groups is 1. The first-order valence-electron chi connectivity index (χ1n) is 10.3. The van der Waals surface area contributed by atoms with E-state index in [1.165, 1.54) is 42.6 Å². The lowest BCUT2D eigenvalue weighted by atomic mass is 9.86. The summed E-state index contributed by atoms with van der Waals surface area (Å²) in [5.41, 5.74) is -0.220. The number of ether oxygens (including phenoxy) is 1. The van der Waals surface area contributed by atoms with E-state index in [2.05, 4.69) is 5.10 Å². The molecule has 11 heteroatoms. The number of methoxy groups -OCH3 is 1. The Hall–Kier alpha value is -4.41. The van der Waals surface area contributed by atoms with Gasteiger partial charge in [-0.3, -0.25) is 29.5 Å². The summed E-state index contributed by atoms with van der Waals surface area (Å²) in [5, 5.41) is 17.0. The molecule has 2 aromatic carbocycles. The van der Waals surface area contributed by atoms with Gasteiger partial charge in [0.15, 0.2) is 5.78 Å². The summed E-state index contributed by atoms with van der Waals surface area (Å²) in [6.45, 7) is 0. The summed E-state index contributed by atoms with van der Waals surface area (Å²) in [5.74, 6) is -4.25. The number of allylic oxidation sites excluding steroid dienone is 1. The van der Waals surface area contributed by atoms with Crippen molar-refractivity contribution in [2.45, 2.75) is 12.1 Å². The fourth-order valence-electron chi connectivity index (χ4n) is 4.83. The van der Waals surface area contributed by atoms with Gasteiger partial charge in [-0.25, -0.2) is 9.29 Å². The summed E-state index contributed by atoms with van der Waals surface area (Å²) in [6, 6.07) is 6.72. The molecule has 2 amide bonds. The molecule has 0 unspecified atom stereocenters. The van der Waals surface area contributed by atoms with Gasteiger partial charge in [0.25, 0.3) is 5.69 Å². The minimum absolute atomic E-state index is 0.0658. The van der Waals surface area contributed by atoms with Gasteiger partial charge in [0.05, 0.1) is 29.9 Å². The van der Waals surface area contributed by atoms with Gasteiger partial charge < -0.3 is 4.74 Å². The SMILES string of the molecule is COc1ccc([N+](=O)[O-])cc1N1C(=O)[C@@H]2[C@@H](C1=O)[C@@H](C(=O)c1ccc(F)cc1)N1N=CC=C[C@H]21. The minimum Gasteiger partial charge on any atom is -0.495 e. The smallest absolute Gasteiger partial charge is 0.271 e. The molecule has 0 bridgehead atoms. The average Bonchev–Trinajstić information content (AvgIpc) is 3.31. The van der Waals surface area contributed by atoms with Crippen LogP contribution in [0.3, 0.4) is 0 Å². The fraction of sp³-hybridized carbons (Fsp3) is 0.217. The highest BCUT2D eigenvalue weighted by molar-refractivity contribution is 6.25. The molecule has 172 valence electrons. The number of Topliss-reactive ketones (excluding diaryl/α,β-unsaturated/α-hetero) is 1. The second kappa shape index (κ2) is 7.87. The Labute approximate surface area is 192 Å². The summed E-state index contributed by atoms with van der Waals surface area (Å²) >= 11 is 0. The van der Waals surface area contributed by atoms with Crippen LogP contribution in [0.4, 0.5) is 15.8 Å². The summed E-state index contributed by atoms with van der Waals surface area (Å²) in [7, 11) is 1.32. The lowest BCUT2D eigenvalue weighted by molar-refractivity contribution is -0.384. The normalized spacial score (nSPS) is 24.9. The van der Waals surface area contributed by atoms with E-state index in [0.29, 0.717) is 0 Å². The molecule has 0 N–H and O–H groups in total. The first-order valence-corrected chi connectivity index (χ1v) is 10.3. The predicted molar refractivity (Wildman–Crippen MR) is 117 cm³/mol. The van der Waals surface area contributed by atoms with E-state index in [0.717, 1.165) is 23.1 Å². The molecule has 3 heterocycles. The number of carbonyl (C=O) groups excluding carboxylic acids is 3. The number of nitro benzene ring substituents is 1. The standard InChI is InChI=1S/C23H17FN4O6/c1-34-17-9-8-14(28(32)33)11-16(17)26-22(30)18-15-3-2-10-25-27(15)20(19(18)23(26)31)21(29)12-4-6-13(24)7-5-12/h2-11,15,18-20H,1H3/t15-,18+,19-,20+/m1/s1. The molecule has 4 atom stereocenters. The van der Waals surface area contributed by atoms with Crippen LogP contribution in [0.5, 0.6) is 5.75 Å². The lowest BCUT2D eigenvalue weighted by Crippen LogP contribution is -2.46. The molecule has 2 aromatic rings. The third-order valence-electron chi connectivity index (χ3n) is 6.30. The van der Waals surface area contributed by atoms with Crippen molar-refractivity contribution in [2.75, 3.05) is 12.0 Å². The van der Waals surface area contributed by atoms with E-state index in [1.54, 1.807) is 12.2 Å². The molecule has 3 aliphatic rings. The number of anilines is 1. The number of amides is 2. The highest BCUT2D eigenvalue weighted by Crippen LogP contribution is 2.48. The van der Waals surface area contributed by atoms with Crippen LogP contribution in [0, 0.1) is 27.8 Å². The van der Waals surface area contributed by atoms with E-state index < -0.39 is 52.3 Å². The van der Waals surface area contributed by atoms with E-state index in [-0.39, 0.29) is 22.7 Å². The molecule has 34 heavy (non-hydrogen) atoms. The number of hydrazone groups is 1. The molecule has 10 nitrogen and oxygen atoms in total. The van der Waals surface area contributed by atoms with E-state index in [1.807, 2.05) is 0 Å². The molecule has 0 saturated carbocycles. The molecular weight excluding hydrogens is 447 g/mol. The molecule has 0 aromatic heterocycles. The third-order valence-corrected chi connectivity index (χ3v) is 6.30. The van der Waals surface area contributed by atoms with Crippen LogP contribution >= 0.6 is 0 Å². The van der Waals surface area contributed by atoms with Crippen molar-refractivity contribution in [3.05, 3.63) is 76.1 Å². The molecule has 2 saturated heterocycles. The zero-order valence-electron chi connectivity index (χ0n) is 17.7. The van der Waals surface area contributed by atoms with Crippen molar-refractivity contribution in [3.63, 3.8) is 0 Å². The Morgan fingerprint density at radius 3 is 2.50 bits per heavy atom. The van der Waals surface area contributed by atoms with Crippen LogP contribution in [0.25, 0.3) is 0 Å². The van der Waals surface area contributed by atoms with Gasteiger partial charge in [0.1, 0.15) is 23.3 Å². The van der Waals surface area contributed by atoms with Gasteiger partial charge in [-0.2, -0.15) is 5.10 Å². The first kappa shape index (κ1) is 21.4. The number of rotatable bonds is 5. The van der Waals surface area contributed by atoms with Crippen molar-refractivity contribution in [1.29, 1.82) is 0 Å². The Morgan fingerprint density at radius 1 is 1.12 bits per heavy atom. The molecule has 0 aliphatic carbocycles. The second-order valence-corrected chi connectivity index (χ2v) is 8.01. The van der Waals surface area contributed by atoms with Crippen LogP contribution in [0.1, 0.15) is 10.4 Å². The Morgan fingerprint density at radius 2 is 1.82 bits per heavy atom. The maximum atomic E-state index is 13.7. The van der Waals surface area contributed by atoms with Crippen LogP contribution in [0.15, 0.2) is 59.7 Å². The van der Waals surface area contributed by atoms with Crippen molar-refractivity contribution >= 4 is 35.2 Å². The van der Waals surface area contributed by atoms with Crippen LogP contribution in [-0.2, 0) is 9.59 Å². The number of ketones is 1. The quantitative estimate of drug-likeness (QED) is 0.288. The number of hydrogen-bond acceptors (Lipinski definition) is 8. The number of hydrogen-bond donors (Lipinski definition) is 0.